The summed E-state index contributed by atoms with van der Waals surface area (Å²) in [4.78, 5) is 288. The maximum absolute atomic E-state index is 14.2. The number of urea groups is 1. The van der Waals surface area contributed by atoms with Gasteiger partial charge in [0.25, 0.3) is 5.91 Å². The van der Waals surface area contributed by atoms with Crippen LogP contribution in [0.5, 0.6) is 0 Å². The number of carboxylic acids is 9. The standard InChI is InChI=1S/C85H123N23O30/c86-27-5-1-10-57(100-79(130)61(41-68(117)118)102-78(129)60(40-67(115)116)98-64(111)39-49-13-15-50(16-14-49)42-94-85(138)91-30-8-4-12-58(82(134)135)97-63(110)24-19-52(81(132)133)20-26-66(113)114)77(128)99-55(73(87)125)9-2-7-29-90-76(127)56(96-65(112)45-105-31-33-106(46-69(119)120)35-37-108(48-71(123)124)38-36-107(34-32-105)47-70(121)122)11-3-6-28-89-62(109)25-23-59(83(136)137)101-75(126)51-17-21-53(22-18-51)92-43-54-44-93-74-72(95-54)80(131)104-84(88)103-74/h13-18,21-22,44,52,55-61,92H,1-12,19-20,23-43,45-48,86H2,(H2,87,125)(H,89,109)(H,90,127)(H,96,112)(H,97,110)(H,98,111)(H,99,128)(H,100,130)(H,101,126)(H,102,129)(H,113,114)(H,115,116)(H,117,118)(H,119,120)(H,121,122)(H,123,124)(H,132,133)(H,134,135)(H,136,137)(H2,91,94,138)(H3,88,93,103,104,131)/t52-,55-,56?,57-,58-,59-,60-,61?/m0/s1. The summed E-state index contributed by atoms with van der Waals surface area (Å²) in [7, 11) is 0. The SMILES string of the molecule is NCCCC[C@H](NC(=O)C(CC(=O)O)NC(=O)[C@H](CC(=O)O)NC(=O)Cc1ccc(CNC(=O)NCCCC[C@H](NC(=O)CC[C@@H](CCC(=O)O)C(=O)O)C(=O)O)cc1)C(=O)N[C@@H](CCCCNC(=O)C(CCCCNC(=O)CC[C@H](NC(=O)c1ccc(NCc2cnc3[nH]c(N)nc(=O)c3n2)cc1)C(=O)O)NC(=O)CN1CCN(CC(=O)O)CCN(CC(=O)O)CCN(CC(=O)O)CC1)C(N)=O. The zero-order valence-corrected chi connectivity index (χ0v) is 75.9. The third-order valence-electron chi connectivity index (χ3n) is 21.6. The molecule has 1 aliphatic rings. The van der Waals surface area contributed by atoms with Gasteiger partial charge in [0, 0.05) is 109 Å². The maximum Gasteiger partial charge on any atom is 0.326 e. The number of nitrogens with zero attached hydrogens (tertiary/aromatic N) is 7. The van der Waals surface area contributed by atoms with Crippen LogP contribution in [0.3, 0.4) is 0 Å². The van der Waals surface area contributed by atoms with Gasteiger partial charge in [-0.15, -0.1) is 0 Å². The number of amides is 12. The third kappa shape index (κ3) is 45.5. The van der Waals surface area contributed by atoms with Gasteiger partial charge in [0.2, 0.25) is 59.1 Å². The minimum absolute atomic E-state index is 0.0123. The van der Waals surface area contributed by atoms with E-state index in [1.807, 2.05) is 0 Å². The topological polar surface area (TPSA) is 830 Å². The quantitative estimate of drug-likeness (QED) is 0.0184. The van der Waals surface area contributed by atoms with Crippen molar-refractivity contribution in [1.82, 2.24) is 98.0 Å². The number of aliphatic carboxylic acids is 9. The largest absolute Gasteiger partial charge is 0.481 e. The van der Waals surface area contributed by atoms with E-state index in [0.717, 1.165) is 0 Å². The number of carbonyl (C=O) groups excluding carboxylic acids is 11. The molecule has 1 fully saturated rings. The molecule has 1 aliphatic heterocycles. The fourth-order valence-electron chi connectivity index (χ4n) is 14.1. The minimum atomic E-state index is -2.03. The molecule has 28 N–H and O–H groups in total. The number of carbonyl (C=O) groups is 20. The molecule has 2 aromatic carbocycles. The van der Waals surface area contributed by atoms with E-state index in [2.05, 4.69) is 83.7 Å². The van der Waals surface area contributed by atoms with Crippen LogP contribution >= 0.6 is 0 Å². The maximum atomic E-state index is 14.2. The zero-order valence-electron chi connectivity index (χ0n) is 75.9. The van der Waals surface area contributed by atoms with E-state index in [1.54, 1.807) is 31.7 Å². The van der Waals surface area contributed by atoms with Crippen molar-refractivity contribution in [2.45, 2.75) is 190 Å². The van der Waals surface area contributed by atoms with Gasteiger partial charge in [-0.25, -0.2) is 24.4 Å². The van der Waals surface area contributed by atoms with Gasteiger partial charge in [0.15, 0.2) is 11.2 Å². The van der Waals surface area contributed by atoms with Crippen LogP contribution in [0.1, 0.15) is 156 Å². The number of nitrogen functional groups attached to an aromatic ring is 1. The smallest absolute Gasteiger partial charge is 0.326 e. The molecular formula is C85H123N23O30. The molecule has 8 atom stereocenters. The predicted molar refractivity (Wildman–Crippen MR) is 484 cm³/mol. The van der Waals surface area contributed by atoms with E-state index in [1.165, 1.54) is 42.6 Å². The molecule has 53 heteroatoms. The monoisotopic (exact) mass is 1950 g/mol. The molecule has 53 nitrogen and oxygen atoms in total. The highest BCUT2D eigenvalue weighted by atomic mass is 16.4. The Labute approximate surface area is 789 Å². The van der Waals surface area contributed by atoms with Crippen LogP contribution in [-0.4, -0.2) is 351 Å². The van der Waals surface area contributed by atoms with Gasteiger partial charge in [0.1, 0.15) is 42.3 Å². The van der Waals surface area contributed by atoms with Gasteiger partial charge in [-0.3, -0.25) is 106 Å². The molecule has 5 rings (SSSR count). The molecule has 0 bridgehead atoms. The van der Waals surface area contributed by atoms with Crippen LogP contribution in [0, 0.1) is 5.92 Å². The summed E-state index contributed by atoms with van der Waals surface area (Å²) in [5.41, 5.74) is 18.4. The highest BCUT2D eigenvalue weighted by Gasteiger charge is 2.35. The first kappa shape index (κ1) is 114. The number of benzene rings is 2. The number of nitrogens with one attached hydrogen (secondary N) is 13. The van der Waals surface area contributed by atoms with Crippen molar-refractivity contribution in [3.05, 3.63) is 87.5 Å². The number of anilines is 2. The molecule has 2 aromatic heterocycles. The molecular weight excluding hydrogens is 1820 g/mol. The summed E-state index contributed by atoms with van der Waals surface area (Å²) < 4.78 is 0. The van der Waals surface area contributed by atoms with Crippen molar-refractivity contribution >= 4 is 142 Å². The number of nitrogens with two attached hydrogens (primary N) is 3. The van der Waals surface area contributed by atoms with E-state index in [9.17, 15) is 142 Å². The van der Waals surface area contributed by atoms with Crippen molar-refractivity contribution in [2.24, 2.45) is 17.4 Å². The Morgan fingerprint density at radius 1 is 0.399 bits per heavy atom. The number of carboxylic acid groups (broad SMARTS) is 9. The first-order valence-electron chi connectivity index (χ1n) is 44.5. The second-order valence-corrected chi connectivity index (χ2v) is 32.6. The van der Waals surface area contributed by atoms with Crippen LogP contribution in [0.25, 0.3) is 11.2 Å². The Bertz CT molecular complexity index is 4880. The Morgan fingerprint density at radius 2 is 0.848 bits per heavy atom. The summed E-state index contributed by atoms with van der Waals surface area (Å²) in [5.74, 6) is -22.4. The van der Waals surface area contributed by atoms with Crippen molar-refractivity contribution in [1.29, 1.82) is 0 Å². The van der Waals surface area contributed by atoms with Gasteiger partial charge >= 0.3 is 65.3 Å². The zero-order chi connectivity index (χ0) is 102. The summed E-state index contributed by atoms with van der Waals surface area (Å²) in [6.07, 6.45) is -2.20. The number of fused-ring (bicyclic) bond motifs is 1. The lowest BCUT2D eigenvalue weighted by Gasteiger charge is -2.33. The van der Waals surface area contributed by atoms with Crippen molar-refractivity contribution in [2.75, 3.05) is 116 Å². The van der Waals surface area contributed by atoms with Crippen LogP contribution in [0.4, 0.5) is 16.4 Å². The second kappa shape index (κ2) is 60.6. The highest BCUT2D eigenvalue weighted by Crippen LogP contribution is 2.18. The van der Waals surface area contributed by atoms with Gasteiger partial charge in [0.05, 0.1) is 69.8 Å². The number of aromatic amines is 1. The fraction of sp³-hybridized carbons (Fsp3) is 0.553. The third-order valence-corrected chi connectivity index (χ3v) is 21.6. The second-order valence-electron chi connectivity index (χ2n) is 32.6. The van der Waals surface area contributed by atoms with Crippen LogP contribution in [0.15, 0.2) is 59.5 Å². The van der Waals surface area contributed by atoms with Crippen LogP contribution < -0.4 is 86.6 Å². The van der Waals surface area contributed by atoms with Crippen LogP contribution in [-0.2, 0) is 106 Å². The molecule has 2 unspecified atom stereocenters. The molecule has 758 valence electrons. The molecule has 0 saturated carbocycles. The fourth-order valence-corrected chi connectivity index (χ4v) is 14.1. The average Bonchev–Trinajstić information content (AvgIpc) is 0.811. The van der Waals surface area contributed by atoms with Crippen molar-refractivity contribution < 1.29 is 142 Å². The van der Waals surface area contributed by atoms with Gasteiger partial charge in [-0.05, 0) is 138 Å². The first-order valence-corrected chi connectivity index (χ1v) is 44.5. The average molecular weight is 1950 g/mol. The van der Waals surface area contributed by atoms with E-state index >= 15 is 0 Å². The van der Waals surface area contributed by atoms with Gasteiger partial charge < -0.3 is 132 Å². The molecule has 1 saturated heterocycles. The van der Waals surface area contributed by atoms with Crippen molar-refractivity contribution in [3.8, 4) is 0 Å². The number of aromatic nitrogens is 4. The molecule has 4 aromatic rings. The normalized spacial score (nSPS) is 14.5. The van der Waals surface area contributed by atoms with E-state index in [0.29, 0.717) is 22.5 Å². The summed E-state index contributed by atoms with van der Waals surface area (Å²) in [5, 5.41) is 117. The number of unbranched alkanes of at least 4 members (excludes halogenated alkanes) is 4. The minimum Gasteiger partial charge on any atom is -0.481 e. The lowest BCUT2D eigenvalue weighted by atomic mass is 9.97. The molecule has 0 spiro atoms. The van der Waals surface area contributed by atoms with Gasteiger partial charge in [-0.2, -0.15) is 4.98 Å². The van der Waals surface area contributed by atoms with Crippen molar-refractivity contribution in [3.63, 3.8) is 0 Å². The van der Waals surface area contributed by atoms with E-state index in [4.69, 9.17) is 22.3 Å². The van der Waals surface area contributed by atoms with E-state index in [-0.39, 0.29) is 223 Å². The van der Waals surface area contributed by atoms with Crippen LogP contribution in [0.2, 0.25) is 0 Å². The number of hydrogen-bond acceptors (Lipinski definition) is 31. The number of primary amides is 1. The Balaban J connectivity index is 1.17. The molecule has 0 radical (unpaired) electrons. The predicted octanol–water partition coefficient (Wildman–Crippen LogP) is -4.97. The Hall–Kier alpha value is -14.7. The number of hydrogen-bond donors (Lipinski definition) is 25. The first-order chi connectivity index (χ1) is 65.5. The molecule has 12 amide bonds. The number of rotatable bonds is 63. The molecule has 0 aliphatic carbocycles. The Morgan fingerprint density at radius 3 is 1.37 bits per heavy atom. The molecule has 3 heterocycles. The number of H-pyrrole nitrogens is 1. The summed E-state index contributed by atoms with van der Waals surface area (Å²) >= 11 is 0. The Kier molecular flexibility index (Phi) is 49.9. The highest BCUT2D eigenvalue weighted by molar-refractivity contribution is 5.99. The summed E-state index contributed by atoms with van der Waals surface area (Å²) in [6.45, 7) is -1.06. The molecule has 138 heavy (non-hydrogen) atoms. The summed E-state index contributed by atoms with van der Waals surface area (Å²) in [6, 6.07) is 0.252. The van der Waals surface area contributed by atoms with Gasteiger partial charge in [-0.1, -0.05) is 24.3 Å². The lowest BCUT2D eigenvalue weighted by Crippen LogP contribution is -2.58. The lowest BCUT2D eigenvalue weighted by molar-refractivity contribution is -0.145. The van der Waals surface area contributed by atoms with E-state index < -0.39 is 224 Å².